The van der Waals surface area contributed by atoms with Crippen LogP contribution in [-0.4, -0.2) is 39.0 Å². The third-order valence-corrected chi connectivity index (χ3v) is 6.84. The van der Waals surface area contributed by atoms with E-state index in [4.69, 9.17) is 9.73 Å². The highest BCUT2D eigenvalue weighted by molar-refractivity contribution is 6.76. The summed E-state index contributed by atoms with van der Waals surface area (Å²) < 4.78 is 33.4. The minimum Gasteiger partial charge on any atom is -0.493 e. The highest BCUT2D eigenvalue weighted by Crippen LogP contribution is 2.36. The Kier molecular flexibility index (Phi) is 8.59. The molecule has 0 aliphatic rings. The number of aliphatic imine (C=N–C) groups is 1. The molecule has 0 N–H and O–H groups in total. The van der Waals surface area contributed by atoms with Gasteiger partial charge in [-0.15, -0.1) is 0 Å². The van der Waals surface area contributed by atoms with Gasteiger partial charge in [-0.25, -0.2) is 13.8 Å². The molecule has 0 radical (unpaired) electrons. The second-order valence-electron chi connectivity index (χ2n) is 8.81. The number of alkyl halides is 2. The molecule has 2 rings (SSSR count). The van der Waals surface area contributed by atoms with Crippen LogP contribution in [0.3, 0.4) is 0 Å². The zero-order chi connectivity index (χ0) is 22.3. The van der Waals surface area contributed by atoms with Crippen molar-refractivity contribution in [3.63, 3.8) is 0 Å². The minimum absolute atomic E-state index is 0.0982. The summed E-state index contributed by atoms with van der Waals surface area (Å²) in [5.74, 6) is 1.02. The standard InChI is InChI=1S/C24H34F2N2OSi/c1-7-28(3)24(19-12-9-8-10-13-19)27-21-17-20(23(25)26)22(16-18(21)2)29-14-11-15-30(4,5)6/h8-10,12-13,16-17,23H,7,11,14-15H2,1-6H3. The summed E-state index contributed by atoms with van der Waals surface area (Å²) in [6.07, 6.45) is -1.73. The van der Waals surface area contributed by atoms with E-state index in [0.29, 0.717) is 12.3 Å². The lowest BCUT2D eigenvalue weighted by molar-refractivity contribution is 0.145. The van der Waals surface area contributed by atoms with Gasteiger partial charge in [0.25, 0.3) is 6.43 Å². The van der Waals surface area contributed by atoms with E-state index in [0.717, 1.165) is 36.0 Å². The summed E-state index contributed by atoms with van der Waals surface area (Å²) in [6, 6.07) is 14.1. The van der Waals surface area contributed by atoms with Crippen molar-refractivity contribution in [3.05, 3.63) is 59.2 Å². The Morgan fingerprint density at radius 2 is 1.80 bits per heavy atom. The van der Waals surface area contributed by atoms with E-state index < -0.39 is 14.5 Å². The largest absolute Gasteiger partial charge is 0.493 e. The third-order valence-electron chi connectivity index (χ3n) is 4.99. The molecule has 0 heterocycles. The lowest BCUT2D eigenvalue weighted by Crippen LogP contribution is -2.27. The number of amidine groups is 1. The predicted octanol–water partition coefficient (Wildman–Crippen LogP) is 7.07. The molecule has 0 saturated carbocycles. The normalized spacial score (nSPS) is 12.4. The molecule has 0 saturated heterocycles. The summed E-state index contributed by atoms with van der Waals surface area (Å²) in [4.78, 5) is 6.78. The molecule has 3 nitrogen and oxygen atoms in total. The highest BCUT2D eigenvalue weighted by atomic mass is 28.3. The number of nitrogens with zero attached hydrogens (tertiary/aromatic N) is 2. The zero-order valence-corrected chi connectivity index (χ0v) is 20.0. The third kappa shape index (κ3) is 6.94. The molecule has 30 heavy (non-hydrogen) atoms. The van der Waals surface area contributed by atoms with Crippen molar-refractivity contribution in [2.75, 3.05) is 20.2 Å². The number of halogens is 2. The molecule has 6 heteroatoms. The van der Waals surface area contributed by atoms with Crippen LogP contribution in [-0.2, 0) is 0 Å². The van der Waals surface area contributed by atoms with Crippen LogP contribution in [0.25, 0.3) is 0 Å². The van der Waals surface area contributed by atoms with Gasteiger partial charge in [0.15, 0.2) is 0 Å². The maximum absolute atomic E-state index is 13.8. The smallest absolute Gasteiger partial charge is 0.267 e. The Hall–Kier alpha value is -2.21. The van der Waals surface area contributed by atoms with Crippen LogP contribution in [0.2, 0.25) is 25.7 Å². The maximum atomic E-state index is 13.8. The zero-order valence-electron chi connectivity index (χ0n) is 19.0. The van der Waals surface area contributed by atoms with Crippen molar-refractivity contribution in [1.82, 2.24) is 4.90 Å². The number of hydrogen-bond acceptors (Lipinski definition) is 2. The molecule has 164 valence electrons. The average molecular weight is 433 g/mol. The van der Waals surface area contributed by atoms with E-state index in [9.17, 15) is 8.78 Å². The van der Waals surface area contributed by atoms with Gasteiger partial charge in [-0.3, -0.25) is 0 Å². The number of rotatable bonds is 9. The fraction of sp³-hybridized carbons (Fsp3) is 0.458. The second-order valence-corrected chi connectivity index (χ2v) is 14.4. The summed E-state index contributed by atoms with van der Waals surface area (Å²) in [5.41, 5.74) is 2.21. The van der Waals surface area contributed by atoms with Gasteiger partial charge < -0.3 is 9.64 Å². The Morgan fingerprint density at radius 1 is 1.13 bits per heavy atom. The van der Waals surface area contributed by atoms with Crippen molar-refractivity contribution < 1.29 is 13.5 Å². The van der Waals surface area contributed by atoms with Crippen molar-refractivity contribution in [1.29, 1.82) is 0 Å². The molecule has 0 amide bonds. The molecule has 2 aromatic carbocycles. The van der Waals surface area contributed by atoms with Crippen molar-refractivity contribution in [2.24, 2.45) is 4.99 Å². The molecule has 0 fully saturated rings. The van der Waals surface area contributed by atoms with Crippen LogP contribution in [0.1, 0.15) is 36.5 Å². The van der Waals surface area contributed by atoms with Crippen LogP contribution < -0.4 is 4.74 Å². The Morgan fingerprint density at radius 3 is 2.37 bits per heavy atom. The molecule has 0 bridgehead atoms. The molecule has 0 aliphatic heterocycles. The van der Waals surface area contributed by atoms with E-state index in [2.05, 4.69) is 19.6 Å². The topological polar surface area (TPSA) is 24.8 Å². The summed E-state index contributed by atoms with van der Waals surface area (Å²) >= 11 is 0. The lowest BCUT2D eigenvalue weighted by atomic mass is 10.1. The first kappa shape index (κ1) is 24.1. The second kappa shape index (κ2) is 10.7. The predicted molar refractivity (Wildman–Crippen MR) is 125 cm³/mol. The van der Waals surface area contributed by atoms with E-state index in [-0.39, 0.29) is 11.3 Å². The van der Waals surface area contributed by atoms with Crippen LogP contribution in [0, 0.1) is 6.92 Å². The average Bonchev–Trinajstić information content (AvgIpc) is 2.69. The molecule has 0 unspecified atom stereocenters. The first-order chi connectivity index (χ1) is 14.1. The lowest BCUT2D eigenvalue weighted by Gasteiger charge is -2.21. The van der Waals surface area contributed by atoms with E-state index in [1.807, 2.05) is 56.1 Å². The molecule has 0 aliphatic carbocycles. The SMILES string of the molecule is CCN(C)C(=Nc1cc(C(F)F)c(OCCC[Si](C)(C)C)cc1C)c1ccccc1. The molecule has 2 aromatic rings. The summed E-state index contributed by atoms with van der Waals surface area (Å²) in [6.45, 7) is 12.0. The van der Waals surface area contributed by atoms with Crippen molar-refractivity contribution >= 4 is 19.6 Å². The molecule has 0 atom stereocenters. The van der Waals surface area contributed by atoms with E-state index >= 15 is 0 Å². The van der Waals surface area contributed by atoms with Gasteiger partial charge in [-0.05, 0) is 38.0 Å². The summed E-state index contributed by atoms with van der Waals surface area (Å²) in [5, 5.41) is 0. The van der Waals surface area contributed by atoms with Gasteiger partial charge in [0.2, 0.25) is 0 Å². The van der Waals surface area contributed by atoms with Gasteiger partial charge in [0.1, 0.15) is 11.6 Å². The molecular weight excluding hydrogens is 398 g/mol. The van der Waals surface area contributed by atoms with Crippen molar-refractivity contribution in [2.45, 2.75) is 52.4 Å². The summed E-state index contributed by atoms with van der Waals surface area (Å²) in [7, 11) is 0.783. The molecule has 0 spiro atoms. The Balaban J connectivity index is 2.36. The van der Waals surface area contributed by atoms with Gasteiger partial charge in [-0.2, -0.15) is 0 Å². The van der Waals surface area contributed by atoms with E-state index in [1.165, 1.54) is 6.07 Å². The molecular formula is C24H34F2N2OSi. The van der Waals surface area contributed by atoms with Gasteiger partial charge >= 0.3 is 0 Å². The number of aryl methyl sites for hydroxylation is 1. The Labute approximate surface area is 180 Å². The van der Waals surface area contributed by atoms with Gasteiger partial charge in [-0.1, -0.05) is 56.0 Å². The van der Waals surface area contributed by atoms with Crippen molar-refractivity contribution in [3.8, 4) is 5.75 Å². The minimum atomic E-state index is -2.62. The fourth-order valence-corrected chi connectivity index (χ4v) is 4.31. The van der Waals surface area contributed by atoms with Gasteiger partial charge in [0.05, 0.1) is 17.9 Å². The molecule has 0 aromatic heterocycles. The Bertz CT molecular complexity index is 848. The number of hydrogen-bond donors (Lipinski definition) is 0. The van der Waals surface area contributed by atoms with Gasteiger partial charge in [0, 0.05) is 27.2 Å². The first-order valence-corrected chi connectivity index (χ1v) is 14.2. The van der Waals surface area contributed by atoms with Crippen LogP contribution in [0.5, 0.6) is 5.75 Å². The number of benzene rings is 2. The quantitative estimate of drug-likeness (QED) is 0.183. The van der Waals surface area contributed by atoms with Crippen LogP contribution >= 0.6 is 0 Å². The highest BCUT2D eigenvalue weighted by Gasteiger charge is 2.19. The first-order valence-electron chi connectivity index (χ1n) is 10.5. The fourth-order valence-electron chi connectivity index (χ4n) is 3.11. The monoisotopic (exact) mass is 432 g/mol. The number of ether oxygens (including phenoxy) is 1. The van der Waals surface area contributed by atoms with E-state index in [1.54, 1.807) is 6.07 Å². The maximum Gasteiger partial charge on any atom is 0.267 e. The van der Waals surface area contributed by atoms with Crippen LogP contribution in [0.4, 0.5) is 14.5 Å². The van der Waals surface area contributed by atoms with Crippen LogP contribution in [0.15, 0.2) is 47.5 Å².